The van der Waals surface area contributed by atoms with Gasteiger partial charge in [0.05, 0.1) is 5.56 Å². The van der Waals surface area contributed by atoms with E-state index in [4.69, 9.17) is 4.74 Å². The molecule has 0 spiro atoms. The highest BCUT2D eigenvalue weighted by Crippen LogP contribution is 2.45. The number of carboxylic acid groups (broad SMARTS) is 1. The number of para-hydroxylation sites is 1. The third-order valence-electron chi connectivity index (χ3n) is 5.77. The summed E-state index contributed by atoms with van der Waals surface area (Å²) in [6.07, 6.45) is -5.03. The first-order valence-corrected chi connectivity index (χ1v) is 10.4. The first-order chi connectivity index (χ1) is 14.5. The summed E-state index contributed by atoms with van der Waals surface area (Å²) in [4.78, 5) is 13.4. The molecule has 2 aromatic carbocycles. The predicted molar refractivity (Wildman–Crippen MR) is 112 cm³/mol. The molecule has 1 saturated heterocycles. The molecule has 0 aromatic heterocycles. The third kappa shape index (κ3) is 5.14. The van der Waals surface area contributed by atoms with Crippen molar-refractivity contribution < 1.29 is 27.8 Å². The Hall–Kier alpha value is -2.70. The van der Waals surface area contributed by atoms with Crippen molar-refractivity contribution in [2.45, 2.75) is 51.9 Å². The second-order valence-electron chi connectivity index (χ2n) is 9.04. The van der Waals surface area contributed by atoms with Crippen LogP contribution < -0.4 is 4.74 Å². The molecule has 2 unspecified atom stereocenters. The summed E-state index contributed by atoms with van der Waals surface area (Å²) in [5, 5.41) is 9.82. The standard InChI is InChI=1S/C24H28F3NO3/c1-23(2,3)21-17(12-9-15-28(21)22(29)30)20(16-10-5-4-6-11-16)31-19-14-8-7-13-18(19)24(25,26)27/h4-8,10-11,13-14,17,20-21H,9,12,15H2,1-3H3,(H,29,30)/t17?,20-,21?/m0/s1. The molecule has 168 valence electrons. The Morgan fingerprint density at radius 1 is 1.06 bits per heavy atom. The topological polar surface area (TPSA) is 49.8 Å². The maximum atomic E-state index is 13.6. The average Bonchev–Trinajstić information content (AvgIpc) is 2.71. The van der Waals surface area contributed by atoms with E-state index in [1.54, 1.807) is 0 Å². The highest BCUT2D eigenvalue weighted by atomic mass is 19.4. The molecule has 1 aliphatic heterocycles. The summed E-state index contributed by atoms with van der Waals surface area (Å²) in [5.74, 6) is -0.558. The van der Waals surface area contributed by atoms with Crippen LogP contribution in [0, 0.1) is 11.3 Å². The number of alkyl halides is 3. The molecule has 1 N–H and O–H groups in total. The average molecular weight is 435 g/mol. The Morgan fingerprint density at radius 3 is 2.26 bits per heavy atom. The molecule has 2 aromatic rings. The van der Waals surface area contributed by atoms with Gasteiger partial charge in [-0.1, -0.05) is 63.2 Å². The van der Waals surface area contributed by atoms with E-state index in [0.717, 1.165) is 11.6 Å². The molecule has 3 atom stereocenters. The van der Waals surface area contributed by atoms with Crippen LogP contribution in [0.15, 0.2) is 54.6 Å². The van der Waals surface area contributed by atoms with Gasteiger partial charge in [0.2, 0.25) is 0 Å². The SMILES string of the molecule is CC(C)(C)C1C([C@@H](Oc2ccccc2C(F)(F)F)c2ccccc2)CCCN1C(=O)O. The quantitative estimate of drug-likeness (QED) is 0.586. The Kier molecular flexibility index (Phi) is 6.53. The minimum atomic E-state index is -4.55. The fraction of sp³-hybridized carbons (Fsp3) is 0.458. The van der Waals surface area contributed by atoms with Crippen molar-refractivity contribution in [3.63, 3.8) is 0 Å². The maximum Gasteiger partial charge on any atom is 0.419 e. The van der Waals surface area contributed by atoms with Crippen LogP contribution in [0.25, 0.3) is 0 Å². The minimum absolute atomic E-state index is 0.246. The van der Waals surface area contributed by atoms with Crippen LogP contribution in [0.2, 0.25) is 0 Å². The molecule has 1 aliphatic rings. The molecular formula is C24H28F3NO3. The summed E-state index contributed by atoms with van der Waals surface area (Å²) in [6, 6.07) is 13.8. The number of piperidine rings is 1. The van der Waals surface area contributed by atoms with Gasteiger partial charge in [0, 0.05) is 18.5 Å². The number of halogens is 3. The van der Waals surface area contributed by atoms with Gasteiger partial charge in [-0.25, -0.2) is 4.79 Å². The van der Waals surface area contributed by atoms with E-state index in [1.807, 2.05) is 51.1 Å². The van der Waals surface area contributed by atoms with Crippen molar-refractivity contribution in [3.8, 4) is 5.75 Å². The Bertz CT molecular complexity index is 893. The number of hydrogen-bond acceptors (Lipinski definition) is 2. The zero-order chi connectivity index (χ0) is 22.8. The zero-order valence-electron chi connectivity index (χ0n) is 17.9. The molecule has 0 bridgehead atoms. The highest BCUT2D eigenvalue weighted by molar-refractivity contribution is 5.65. The van der Waals surface area contributed by atoms with Gasteiger partial charge >= 0.3 is 12.3 Å². The Labute approximate surface area is 180 Å². The largest absolute Gasteiger partial charge is 0.485 e. The van der Waals surface area contributed by atoms with Crippen molar-refractivity contribution >= 4 is 6.09 Å². The Balaban J connectivity index is 2.09. The van der Waals surface area contributed by atoms with E-state index in [9.17, 15) is 23.1 Å². The molecule has 1 fully saturated rings. The van der Waals surface area contributed by atoms with Crippen molar-refractivity contribution in [2.24, 2.45) is 11.3 Å². The summed E-state index contributed by atoms with van der Waals surface area (Å²) < 4.78 is 46.9. The lowest BCUT2D eigenvalue weighted by atomic mass is 9.71. The fourth-order valence-electron chi connectivity index (χ4n) is 4.65. The number of rotatable bonds is 4. The molecule has 0 aliphatic carbocycles. The summed E-state index contributed by atoms with van der Waals surface area (Å²) in [7, 11) is 0. The van der Waals surface area contributed by atoms with Crippen LogP contribution in [0.1, 0.15) is 50.8 Å². The molecule has 0 radical (unpaired) electrons. The number of benzene rings is 2. The van der Waals surface area contributed by atoms with Crippen LogP contribution in [0.4, 0.5) is 18.0 Å². The van der Waals surface area contributed by atoms with Crippen molar-refractivity contribution in [2.75, 3.05) is 6.54 Å². The summed E-state index contributed by atoms with van der Waals surface area (Å²) >= 11 is 0. The number of ether oxygens (including phenoxy) is 1. The number of nitrogens with zero attached hydrogens (tertiary/aromatic N) is 1. The monoisotopic (exact) mass is 435 g/mol. The summed E-state index contributed by atoms with van der Waals surface area (Å²) in [6.45, 7) is 6.27. The van der Waals surface area contributed by atoms with E-state index >= 15 is 0 Å². The normalized spacial score (nSPS) is 20.9. The van der Waals surface area contributed by atoms with Crippen LogP contribution in [0.5, 0.6) is 5.75 Å². The lowest BCUT2D eigenvalue weighted by molar-refractivity contribution is -0.139. The molecule has 4 nitrogen and oxygen atoms in total. The van der Waals surface area contributed by atoms with E-state index in [2.05, 4.69) is 0 Å². The van der Waals surface area contributed by atoms with Crippen LogP contribution in [-0.4, -0.2) is 28.7 Å². The second kappa shape index (κ2) is 8.81. The van der Waals surface area contributed by atoms with Crippen molar-refractivity contribution in [1.29, 1.82) is 0 Å². The molecule has 1 amide bonds. The van der Waals surface area contributed by atoms with Crippen molar-refractivity contribution in [1.82, 2.24) is 4.90 Å². The molecular weight excluding hydrogens is 407 g/mol. The fourth-order valence-corrected chi connectivity index (χ4v) is 4.65. The smallest absolute Gasteiger partial charge is 0.419 e. The van der Waals surface area contributed by atoms with Gasteiger partial charge < -0.3 is 14.7 Å². The first kappa shape index (κ1) is 23.0. The van der Waals surface area contributed by atoms with Gasteiger partial charge in [0.15, 0.2) is 0 Å². The number of amides is 1. The zero-order valence-corrected chi connectivity index (χ0v) is 17.9. The van der Waals surface area contributed by atoms with Gasteiger partial charge in [0.1, 0.15) is 11.9 Å². The van der Waals surface area contributed by atoms with E-state index in [0.29, 0.717) is 19.4 Å². The van der Waals surface area contributed by atoms with Gasteiger partial charge in [-0.3, -0.25) is 0 Å². The first-order valence-electron chi connectivity index (χ1n) is 10.4. The van der Waals surface area contributed by atoms with Gasteiger partial charge in [-0.05, 0) is 36.0 Å². The second-order valence-corrected chi connectivity index (χ2v) is 9.04. The molecule has 3 rings (SSSR count). The lowest BCUT2D eigenvalue weighted by Crippen LogP contribution is -2.56. The molecule has 31 heavy (non-hydrogen) atoms. The van der Waals surface area contributed by atoms with Gasteiger partial charge in [0.25, 0.3) is 0 Å². The lowest BCUT2D eigenvalue weighted by Gasteiger charge is -2.49. The van der Waals surface area contributed by atoms with E-state index < -0.39 is 35.4 Å². The number of hydrogen-bond donors (Lipinski definition) is 1. The third-order valence-corrected chi connectivity index (χ3v) is 5.77. The van der Waals surface area contributed by atoms with Gasteiger partial charge in [-0.15, -0.1) is 0 Å². The van der Waals surface area contributed by atoms with E-state index in [-0.39, 0.29) is 11.7 Å². The predicted octanol–water partition coefficient (Wildman–Crippen LogP) is 6.63. The van der Waals surface area contributed by atoms with Crippen LogP contribution in [0.3, 0.4) is 0 Å². The van der Waals surface area contributed by atoms with Crippen molar-refractivity contribution in [3.05, 3.63) is 65.7 Å². The maximum absolute atomic E-state index is 13.6. The van der Waals surface area contributed by atoms with E-state index in [1.165, 1.54) is 23.1 Å². The van der Waals surface area contributed by atoms with Crippen LogP contribution >= 0.6 is 0 Å². The Morgan fingerprint density at radius 2 is 1.68 bits per heavy atom. The van der Waals surface area contributed by atoms with Crippen LogP contribution in [-0.2, 0) is 6.18 Å². The molecule has 1 heterocycles. The summed E-state index contributed by atoms with van der Waals surface area (Å²) in [5.41, 5.74) is -0.538. The number of carbonyl (C=O) groups is 1. The molecule has 7 heteroatoms. The molecule has 0 saturated carbocycles. The van der Waals surface area contributed by atoms with Gasteiger partial charge in [-0.2, -0.15) is 13.2 Å². The highest BCUT2D eigenvalue weighted by Gasteiger charge is 2.46. The minimum Gasteiger partial charge on any atom is -0.485 e. The number of likely N-dealkylation sites (tertiary alicyclic amines) is 1.